The van der Waals surface area contributed by atoms with Crippen molar-refractivity contribution < 1.29 is 0 Å². The summed E-state index contributed by atoms with van der Waals surface area (Å²) in [6.45, 7) is 5.12. The van der Waals surface area contributed by atoms with Crippen LogP contribution < -0.4 is 5.32 Å². The van der Waals surface area contributed by atoms with Crippen LogP contribution in [0.25, 0.3) is 0 Å². The van der Waals surface area contributed by atoms with E-state index in [9.17, 15) is 0 Å². The van der Waals surface area contributed by atoms with E-state index in [1.807, 2.05) is 7.05 Å². The summed E-state index contributed by atoms with van der Waals surface area (Å²) in [5.41, 5.74) is 2.71. The van der Waals surface area contributed by atoms with E-state index < -0.39 is 0 Å². The zero-order chi connectivity index (χ0) is 8.69. The van der Waals surface area contributed by atoms with E-state index in [1.54, 1.807) is 0 Å². The second-order valence-corrected chi connectivity index (χ2v) is 3.75. The molecule has 11 heavy (non-hydrogen) atoms. The fourth-order valence-corrected chi connectivity index (χ4v) is 1.41. The molecule has 0 aromatic heterocycles. The lowest BCUT2D eigenvalue weighted by atomic mass is 10.2. The third kappa shape index (κ3) is 6.13. The first-order valence-electron chi connectivity index (χ1n) is 3.67. The molecule has 0 saturated carbocycles. The maximum absolute atomic E-state index is 6.87. The quantitative estimate of drug-likeness (QED) is 0.377. The average Bonchev–Trinajstić information content (AvgIpc) is 1.87. The SMILES string of the molecule is CNC/C(C)=C/[C@H](C)SC=N. The molecule has 0 aliphatic heterocycles. The maximum atomic E-state index is 6.87. The highest BCUT2D eigenvalue weighted by atomic mass is 32.2. The summed E-state index contributed by atoms with van der Waals surface area (Å²) in [6, 6.07) is 0. The van der Waals surface area contributed by atoms with Crippen LogP contribution in [0.4, 0.5) is 0 Å². The van der Waals surface area contributed by atoms with Crippen LogP contribution >= 0.6 is 11.8 Å². The minimum atomic E-state index is 0.417. The standard InChI is InChI=1S/C8H16N2S/c1-7(5-10-3)4-8(2)11-6-9/h4,6,8-10H,5H2,1-3H3/b7-4+,9-6?/t8-/m0/s1. The van der Waals surface area contributed by atoms with E-state index in [0.29, 0.717) is 5.25 Å². The Morgan fingerprint density at radius 2 is 2.36 bits per heavy atom. The largest absolute Gasteiger partial charge is 0.316 e. The van der Waals surface area contributed by atoms with Crippen molar-refractivity contribution in [3.63, 3.8) is 0 Å². The van der Waals surface area contributed by atoms with Crippen molar-refractivity contribution in [2.24, 2.45) is 0 Å². The van der Waals surface area contributed by atoms with Crippen LogP contribution in [0, 0.1) is 5.41 Å². The third-order valence-electron chi connectivity index (χ3n) is 1.26. The van der Waals surface area contributed by atoms with Gasteiger partial charge in [0, 0.05) is 11.8 Å². The maximum Gasteiger partial charge on any atom is 0.0512 e. The van der Waals surface area contributed by atoms with Crippen LogP contribution in [-0.2, 0) is 0 Å². The minimum Gasteiger partial charge on any atom is -0.316 e. The minimum absolute atomic E-state index is 0.417. The lowest BCUT2D eigenvalue weighted by Gasteiger charge is -2.03. The lowest BCUT2D eigenvalue weighted by molar-refractivity contribution is 0.874. The molecule has 64 valence electrons. The molecule has 0 aliphatic rings. The topological polar surface area (TPSA) is 35.9 Å². The van der Waals surface area contributed by atoms with Gasteiger partial charge in [-0.1, -0.05) is 11.6 Å². The summed E-state index contributed by atoms with van der Waals surface area (Å²) >= 11 is 1.52. The molecular formula is C8H16N2S. The second-order valence-electron chi connectivity index (χ2n) is 2.50. The van der Waals surface area contributed by atoms with Crippen LogP contribution in [0.5, 0.6) is 0 Å². The number of hydrogen-bond acceptors (Lipinski definition) is 3. The Morgan fingerprint density at radius 1 is 1.73 bits per heavy atom. The van der Waals surface area contributed by atoms with Crippen LogP contribution in [0.15, 0.2) is 11.6 Å². The third-order valence-corrected chi connectivity index (χ3v) is 1.96. The van der Waals surface area contributed by atoms with Gasteiger partial charge in [0.1, 0.15) is 0 Å². The van der Waals surface area contributed by atoms with E-state index in [1.165, 1.54) is 22.9 Å². The van der Waals surface area contributed by atoms with Gasteiger partial charge in [-0.05, 0) is 20.9 Å². The van der Waals surface area contributed by atoms with Crippen molar-refractivity contribution in [2.75, 3.05) is 13.6 Å². The summed E-state index contributed by atoms with van der Waals surface area (Å²) in [4.78, 5) is 0. The summed E-state index contributed by atoms with van der Waals surface area (Å²) in [5, 5.41) is 10.4. The Kier molecular flexibility index (Phi) is 6.27. The Bertz CT molecular complexity index is 143. The van der Waals surface area contributed by atoms with Crippen LogP contribution in [0.1, 0.15) is 13.8 Å². The number of rotatable bonds is 5. The molecule has 0 spiro atoms. The first kappa shape index (κ1) is 10.7. The number of thioether (sulfide) groups is 1. The van der Waals surface area contributed by atoms with Gasteiger partial charge in [-0.15, -0.1) is 11.8 Å². The molecule has 0 heterocycles. The number of nitrogens with one attached hydrogen (secondary N) is 2. The molecule has 0 unspecified atom stereocenters. The predicted molar refractivity (Wildman–Crippen MR) is 53.5 cm³/mol. The van der Waals surface area contributed by atoms with Gasteiger partial charge in [0.2, 0.25) is 0 Å². The highest BCUT2D eigenvalue weighted by Gasteiger charge is 1.95. The van der Waals surface area contributed by atoms with E-state index >= 15 is 0 Å². The molecule has 0 amide bonds. The average molecular weight is 172 g/mol. The number of likely N-dealkylation sites (N-methyl/N-ethyl adjacent to an activating group) is 1. The molecule has 0 rings (SSSR count). The van der Waals surface area contributed by atoms with Gasteiger partial charge in [-0.25, -0.2) is 0 Å². The van der Waals surface area contributed by atoms with Crippen molar-refractivity contribution in [1.82, 2.24) is 5.32 Å². The van der Waals surface area contributed by atoms with Crippen molar-refractivity contribution in [3.8, 4) is 0 Å². The van der Waals surface area contributed by atoms with E-state index in [0.717, 1.165) is 6.54 Å². The molecule has 2 nitrogen and oxygen atoms in total. The Hall–Kier alpha value is -0.280. The Balaban J connectivity index is 3.75. The van der Waals surface area contributed by atoms with Gasteiger partial charge >= 0.3 is 0 Å². The monoisotopic (exact) mass is 172 g/mol. The van der Waals surface area contributed by atoms with Crippen molar-refractivity contribution in [1.29, 1.82) is 5.41 Å². The summed E-state index contributed by atoms with van der Waals surface area (Å²) in [7, 11) is 1.94. The van der Waals surface area contributed by atoms with E-state index in [4.69, 9.17) is 5.41 Å². The molecule has 0 fully saturated rings. The van der Waals surface area contributed by atoms with E-state index in [-0.39, 0.29) is 0 Å². The highest BCUT2D eigenvalue weighted by Crippen LogP contribution is 2.09. The van der Waals surface area contributed by atoms with Gasteiger partial charge in [0.15, 0.2) is 0 Å². The van der Waals surface area contributed by atoms with Crippen molar-refractivity contribution in [3.05, 3.63) is 11.6 Å². The normalized spacial score (nSPS) is 14.6. The van der Waals surface area contributed by atoms with Crippen molar-refractivity contribution in [2.45, 2.75) is 19.1 Å². The first-order chi connectivity index (χ1) is 5.20. The van der Waals surface area contributed by atoms with Crippen LogP contribution in [0.2, 0.25) is 0 Å². The molecule has 0 aromatic rings. The molecule has 0 aromatic carbocycles. The highest BCUT2D eigenvalue weighted by molar-refractivity contribution is 8.12. The molecule has 0 saturated heterocycles. The second kappa shape index (κ2) is 6.43. The molecule has 0 radical (unpaired) electrons. The van der Waals surface area contributed by atoms with Crippen LogP contribution in [-0.4, -0.2) is 24.4 Å². The summed E-state index contributed by atoms with van der Waals surface area (Å²) in [6.07, 6.45) is 2.17. The Labute approximate surface area is 73.0 Å². The zero-order valence-electron chi connectivity index (χ0n) is 7.35. The zero-order valence-corrected chi connectivity index (χ0v) is 8.16. The molecule has 0 bridgehead atoms. The fraction of sp³-hybridized carbons (Fsp3) is 0.625. The molecule has 3 heteroatoms. The van der Waals surface area contributed by atoms with Gasteiger partial charge in [0.05, 0.1) is 5.55 Å². The summed E-state index contributed by atoms with van der Waals surface area (Å²) in [5.74, 6) is 0. The van der Waals surface area contributed by atoms with Gasteiger partial charge in [-0.3, -0.25) is 0 Å². The van der Waals surface area contributed by atoms with E-state index in [2.05, 4.69) is 25.2 Å². The fourth-order valence-electron chi connectivity index (χ4n) is 0.885. The first-order valence-corrected chi connectivity index (χ1v) is 4.61. The summed E-state index contributed by atoms with van der Waals surface area (Å²) < 4.78 is 0. The molecule has 2 N–H and O–H groups in total. The van der Waals surface area contributed by atoms with Gasteiger partial charge < -0.3 is 10.7 Å². The molecular weight excluding hydrogens is 156 g/mol. The van der Waals surface area contributed by atoms with Gasteiger partial charge in [0.25, 0.3) is 0 Å². The van der Waals surface area contributed by atoms with Crippen molar-refractivity contribution >= 4 is 17.3 Å². The van der Waals surface area contributed by atoms with Crippen LogP contribution in [0.3, 0.4) is 0 Å². The number of hydrogen-bond donors (Lipinski definition) is 2. The lowest BCUT2D eigenvalue weighted by Crippen LogP contribution is -2.09. The predicted octanol–water partition coefficient (Wildman–Crippen LogP) is 1.88. The molecule has 0 aliphatic carbocycles. The smallest absolute Gasteiger partial charge is 0.0512 e. The van der Waals surface area contributed by atoms with Gasteiger partial charge in [-0.2, -0.15) is 0 Å². The Morgan fingerprint density at radius 3 is 2.82 bits per heavy atom. The molecule has 1 atom stereocenters.